The molecule has 2 fully saturated rings. The predicted molar refractivity (Wildman–Crippen MR) is 139 cm³/mol. The standard InChI is InChI=1S/C25H33N7S/c1-26-21-13-19(15-27-16-21)18-3-8-24-23(14-18)25(29-17-28-24)30-20-4-6-22(7-5-20)31-9-11-32(33-2)12-10-31/h3,8,13-17,20,22,26H,4-7,9-12H2,1-2H3,(H,28,29,30). The summed E-state index contributed by atoms with van der Waals surface area (Å²) >= 11 is 1.88. The molecule has 2 aromatic heterocycles. The lowest BCUT2D eigenvalue weighted by Gasteiger charge is -2.41. The third-order valence-electron chi connectivity index (χ3n) is 7.08. The van der Waals surface area contributed by atoms with Crippen molar-refractivity contribution in [3.05, 3.63) is 43.0 Å². The Morgan fingerprint density at radius 2 is 1.76 bits per heavy atom. The third-order valence-corrected chi connectivity index (χ3v) is 7.96. The van der Waals surface area contributed by atoms with Crippen molar-refractivity contribution in [3.8, 4) is 11.1 Å². The van der Waals surface area contributed by atoms with Gasteiger partial charge < -0.3 is 10.6 Å². The van der Waals surface area contributed by atoms with Gasteiger partial charge in [0.25, 0.3) is 0 Å². The number of piperazine rings is 1. The number of hydrogen-bond donors (Lipinski definition) is 2. The zero-order valence-electron chi connectivity index (χ0n) is 19.5. The van der Waals surface area contributed by atoms with Crippen LogP contribution in [-0.4, -0.2) is 75.7 Å². The average molecular weight is 464 g/mol. The van der Waals surface area contributed by atoms with Crippen molar-refractivity contribution in [1.82, 2.24) is 24.2 Å². The van der Waals surface area contributed by atoms with Crippen LogP contribution >= 0.6 is 11.9 Å². The number of anilines is 2. The summed E-state index contributed by atoms with van der Waals surface area (Å²) in [5.74, 6) is 0.941. The summed E-state index contributed by atoms with van der Waals surface area (Å²) in [6, 6.07) is 9.68. The Morgan fingerprint density at radius 3 is 2.52 bits per heavy atom. The Kier molecular flexibility index (Phi) is 6.94. The topological polar surface area (TPSA) is 69.2 Å². The molecule has 1 saturated carbocycles. The van der Waals surface area contributed by atoms with Gasteiger partial charge in [-0.2, -0.15) is 0 Å². The Labute approximate surface area is 200 Å². The van der Waals surface area contributed by atoms with E-state index in [-0.39, 0.29) is 0 Å². The van der Waals surface area contributed by atoms with Crippen LogP contribution in [-0.2, 0) is 0 Å². The second-order valence-electron chi connectivity index (χ2n) is 8.96. The minimum atomic E-state index is 0.463. The van der Waals surface area contributed by atoms with Gasteiger partial charge in [-0.1, -0.05) is 18.0 Å². The van der Waals surface area contributed by atoms with E-state index < -0.39 is 0 Å². The van der Waals surface area contributed by atoms with E-state index in [9.17, 15) is 0 Å². The molecule has 0 atom stereocenters. The molecule has 3 aromatic rings. The Hall–Kier alpha value is -2.42. The molecule has 1 aliphatic carbocycles. The molecule has 0 radical (unpaired) electrons. The number of aromatic nitrogens is 3. The molecule has 174 valence electrons. The molecule has 2 aliphatic rings. The number of pyridine rings is 1. The van der Waals surface area contributed by atoms with Crippen molar-refractivity contribution in [2.75, 3.05) is 50.1 Å². The third kappa shape index (κ3) is 5.08. The summed E-state index contributed by atoms with van der Waals surface area (Å²) in [5, 5.41) is 7.99. The first kappa shape index (κ1) is 22.4. The van der Waals surface area contributed by atoms with E-state index in [0.717, 1.165) is 39.6 Å². The van der Waals surface area contributed by atoms with Crippen LogP contribution in [0.3, 0.4) is 0 Å². The van der Waals surface area contributed by atoms with Crippen molar-refractivity contribution in [3.63, 3.8) is 0 Å². The normalized spacial score (nSPS) is 22.4. The lowest BCUT2D eigenvalue weighted by molar-refractivity contribution is 0.112. The zero-order valence-corrected chi connectivity index (χ0v) is 20.3. The van der Waals surface area contributed by atoms with Crippen LogP contribution in [0.15, 0.2) is 43.0 Å². The molecule has 0 bridgehead atoms. The maximum atomic E-state index is 4.63. The molecule has 33 heavy (non-hydrogen) atoms. The lowest BCUT2D eigenvalue weighted by Crippen LogP contribution is -2.49. The highest BCUT2D eigenvalue weighted by Gasteiger charge is 2.28. The SMILES string of the molecule is CNc1cncc(-c2ccc3ncnc(NC4CCC(N5CCN(SC)CC5)CC4)c3c2)c1. The van der Waals surface area contributed by atoms with E-state index in [1.807, 2.05) is 31.4 Å². The number of nitrogens with zero attached hydrogens (tertiary/aromatic N) is 5. The van der Waals surface area contributed by atoms with Gasteiger partial charge in [-0.05, 0) is 55.7 Å². The van der Waals surface area contributed by atoms with Gasteiger partial charge in [0.15, 0.2) is 0 Å². The van der Waals surface area contributed by atoms with Gasteiger partial charge in [-0.15, -0.1) is 0 Å². The first-order chi connectivity index (χ1) is 16.2. The lowest BCUT2D eigenvalue weighted by atomic mass is 9.89. The molecule has 1 saturated heterocycles. The monoisotopic (exact) mass is 463 g/mol. The number of rotatable bonds is 6. The van der Waals surface area contributed by atoms with E-state index in [0.29, 0.717) is 6.04 Å². The highest BCUT2D eigenvalue weighted by Crippen LogP contribution is 2.31. The first-order valence-electron chi connectivity index (χ1n) is 11.9. The fraction of sp³-hybridized carbons (Fsp3) is 0.480. The smallest absolute Gasteiger partial charge is 0.137 e. The molecular weight excluding hydrogens is 430 g/mol. The minimum absolute atomic E-state index is 0.463. The fourth-order valence-corrected chi connectivity index (χ4v) is 5.64. The summed E-state index contributed by atoms with van der Waals surface area (Å²) in [4.78, 5) is 16.2. The number of hydrogen-bond acceptors (Lipinski definition) is 8. The van der Waals surface area contributed by atoms with Crippen LogP contribution < -0.4 is 10.6 Å². The van der Waals surface area contributed by atoms with Crippen molar-refractivity contribution >= 4 is 34.4 Å². The number of benzene rings is 1. The molecule has 0 amide bonds. The first-order valence-corrected chi connectivity index (χ1v) is 13.1. The second-order valence-corrected chi connectivity index (χ2v) is 9.85. The Balaban J connectivity index is 1.27. The average Bonchev–Trinajstić information content (AvgIpc) is 2.89. The molecule has 8 heteroatoms. The molecule has 0 spiro atoms. The van der Waals surface area contributed by atoms with Crippen LogP contribution in [0.2, 0.25) is 0 Å². The molecule has 1 aliphatic heterocycles. The van der Waals surface area contributed by atoms with Gasteiger partial charge in [-0.3, -0.25) is 9.88 Å². The van der Waals surface area contributed by atoms with Gasteiger partial charge in [-0.25, -0.2) is 14.3 Å². The number of fused-ring (bicyclic) bond motifs is 1. The van der Waals surface area contributed by atoms with E-state index in [1.165, 1.54) is 51.9 Å². The van der Waals surface area contributed by atoms with Gasteiger partial charge >= 0.3 is 0 Å². The van der Waals surface area contributed by atoms with Crippen molar-refractivity contribution in [2.45, 2.75) is 37.8 Å². The predicted octanol–water partition coefficient (Wildman–Crippen LogP) is 4.35. The summed E-state index contributed by atoms with van der Waals surface area (Å²) in [6.45, 7) is 4.77. The molecule has 1 aromatic carbocycles. The number of nitrogens with one attached hydrogen (secondary N) is 2. The van der Waals surface area contributed by atoms with Crippen LogP contribution in [0, 0.1) is 0 Å². The van der Waals surface area contributed by atoms with E-state index in [2.05, 4.69) is 65.3 Å². The van der Waals surface area contributed by atoms with Crippen LogP contribution in [0.25, 0.3) is 22.0 Å². The highest BCUT2D eigenvalue weighted by atomic mass is 32.2. The second kappa shape index (κ2) is 10.2. The van der Waals surface area contributed by atoms with Crippen LogP contribution in [0.5, 0.6) is 0 Å². The van der Waals surface area contributed by atoms with Crippen molar-refractivity contribution in [1.29, 1.82) is 0 Å². The summed E-state index contributed by atoms with van der Waals surface area (Å²) in [5.41, 5.74) is 4.18. The van der Waals surface area contributed by atoms with E-state index in [4.69, 9.17) is 0 Å². The summed E-state index contributed by atoms with van der Waals surface area (Å²) in [6.07, 6.45) is 12.5. The summed E-state index contributed by atoms with van der Waals surface area (Å²) < 4.78 is 2.48. The molecular formula is C25H33N7S. The highest BCUT2D eigenvalue weighted by molar-refractivity contribution is 7.96. The maximum absolute atomic E-state index is 4.63. The quantitative estimate of drug-likeness (QED) is 0.523. The van der Waals surface area contributed by atoms with Crippen molar-refractivity contribution < 1.29 is 0 Å². The minimum Gasteiger partial charge on any atom is -0.387 e. The van der Waals surface area contributed by atoms with E-state index >= 15 is 0 Å². The van der Waals surface area contributed by atoms with Gasteiger partial charge in [0.1, 0.15) is 12.1 Å². The maximum Gasteiger partial charge on any atom is 0.137 e. The molecule has 0 unspecified atom stereocenters. The molecule has 3 heterocycles. The van der Waals surface area contributed by atoms with Gasteiger partial charge in [0.05, 0.1) is 11.2 Å². The molecule has 2 N–H and O–H groups in total. The zero-order chi connectivity index (χ0) is 22.6. The van der Waals surface area contributed by atoms with Crippen LogP contribution in [0.1, 0.15) is 25.7 Å². The Morgan fingerprint density at radius 1 is 0.939 bits per heavy atom. The van der Waals surface area contributed by atoms with Gasteiger partial charge in [0.2, 0.25) is 0 Å². The van der Waals surface area contributed by atoms with Gasteiger partial charge in [0, 0.05) is 68.7 Å². The molecule has 7 nitrogen and oxygen atoms in total. The van der Waals surface area contributed by atoms with Crippen LogP contribution in [0.4, 0.5) is 11.5 Å². The van der Waals surface area contributed by atoms with Crippen molar-refractivity contribution in [2.24, 2.45) is 0 Å². The fourth-order valence-electron chi connectivity index (χ4n) is 5.12. The largest absolute Gasteiger partial charge is 0.387 e. The molecule has 5 rings (SSSR count). The Bertz CT molecular complexity index is 1080. The van der Waals surface area contributed by atoms with E-state index in [1.54, 1.807) is 6.33 Å². The summed E-state index contributed by atoms with van der Waals surface area (Å²) in [7, 11) is 1.91.